The highest BCUT2D eigenvalue weighted by atomic mass is 16.5. The van der Waals surface area contributed by atoms with E-state index in [4.69, 9.17) is 4.74 Å². The fraction of sp³-hybridized carbons (Fsp3) is 0.583. The van der Waals surface area contributed by atoms with Gasteiger partial charge in [0.15, 0.2) is 0 Å². The summed E-state index contributed by atoms with van der Waals surface area (Å²) < 4.78 is 5.27. The minimum Gasteiger partial charge on any atom is -0.380 e. The fourth-order valence-electron chi connectivity index (χ4n) is 1.83. The lowest BCUT2D eigenvalue weighted by atomic mass is 10.1. The van der Waals surface area contributed by atoms with Crippen molar-refractivity contribution in [3.8, 4) is 0 Å². The van der Waals surface area contributed by atoms with Crippen LogP contribution in [0.4, 0.5) is 5.82 Å². The highest BCUT2D eigenvalue weighted by molar-refractivity contribution is 5.39. The summed E-state index contributed by atoms with van der Waals surface area (Å²) in [5.74, 6) is 0.959. The minimum atomic E-state index is 0.733. The van der Waals surface area contributed by atoms with E-state index in [9.17, 15) is 0 Å². The molecule has 2 N–H and O–H groups in total. The van der Waals surface area contributed by atoms with Gasteiger partial charge in [0.2, 0.25) is 0 Å². The maximum absolute atomic E-state index is 5.27. The average Bonchev–Trinajstić information content (AvgIpc) is 2.34. The van der Waals surface area contributed by atoms with Gasteiger partial charge in [0, 0.05) is 38.4 Å². The molecule has 0 saturated heterocycles. The number of hydrogen-bond donors (Lipinski definition) is 2. The number of rotatable bonds is 5. The zero-order valence-corrected chi connectivity index (χ0v) is 9.75. The van der Waals surface area contributed by atoms with Gasteiger partial charge in [0.1, 0.15) is 5.82 Å². The number of aromatic nitrogens is 1. The summed E-state index contributed by atoms with van der Waals surface area (Å²) in [6.45, 7) is 6.30. The van der Waals surface area contributed by atoms with Gasteiger partial charge in [-0.25, -0.2) is 4.98 Å². The number of pyridine rings is 1. The van der Waals surface area contributed by atoms with Crippen molar-refractivity contribution < 1.29 is 4.74 Å². The third-order valence-electron chi connectivity index (χ3n) is 2.68. The van der Waals surface area contributed by atoms with Crippen LogP contribution in [-0.4, -0.2) is 31.3 Å². The Morgan fingerprint density at radius 1 is 1.50 bits per heavy atom. The number of hydrogen-bond acceptors (Lipinski definition) is 4. The van der Waals surface area contributed by atoms with E-state index in [0.29, 0.717) is 0 Å². The first-order valence-electron chi connectivity index (χ1n) is 5.91. The van der Waals surface area contributed by atoms with Gasteiger partial charge in [-0.15, -0.1) is 0 Å². The van der Waals surface area contributed by atoms with Crippen LogP contribution < -0.4 is 10.6 Å². The topological polar surface area (TPSA) is 46.2 Å². The predicted molar refractivity (Wildman–Crippen MR) is 64.6 cm³/mol. The van der Waals surface area contributed by atoms with Crippen LogP contribution in [0.3, 0.4) is 0 Å². The van der Waals surface area contributed by atoms with Crippen molar-refractivity contribution in [3.05, 3.63) is 23.4 Å². The van der Waals surface area contributed by atoms with Crippen LogP contribution in [0.25, 0.3) is 0 Å². The molecule has 0 aromatic carbocycles. The normalized spacial score (nSPS) is 14.6. The molecule has 0 amide bonds. The Bertz CT molecular complexity index is 341. The van der Waals surface area contributed by atoms with Crippen molar-refractivity contribution >= 4 is 5.82 Å². The smallest absolute Gasteiger partial charge is 0.126 e. The van der Waals surface area contributed by atoms with E-state index in [2.05, 4.69) is 21.7 Å². The SMILES string of the molecule is CCOCCNc1ccc2c(n1)CCNC2. The molecule has 4 nitrogen and oxygen atoms in total. The molecule has 16 heavy (non-hydrogen) atoms. The van der Waals surface area contributed by atoms with Crippen LogP contribution in [0.15, 0.2) is 12.1 Å². The zero-order valence-electron chi connectivity index (χ0n) is 9.75. The second kappa shape index (κ2) is 5.82. The van der Waals surface area contributed by atoms with Gasteiger partial charge in [0.05, 0.1) is 6.61 Å². The van der Waals surface area contributed by atoms with E-state index >= 15 is 0 Å². The van der Waals surface area contributed by atoms with Crippen molar-refractivity contribution in [1.29, 1.82) is 0 Å². The number of ether oxygens (including phenoxy) is 1. The quantitative estimate of drug-likeness (QED) is 0.733. The molecule has 0 bridgehead atoms. The molecule has 0 atom stereocenters. The molecule has 0 saturated carbocycles. The van der Waals surface area contributed by atoms with Gasteiger partial charge >= 0.3 is 0 Å². The molecule has 1 aromatic rings. The Morgan fingerprint density at radius 2 is 2.44 bits per heavy atom. The number of fused-ring (bicyclic) bond motifs is 1. The summed E-state index contributed by atoms with van der Waals surface area (Å²) >= 11 is 0. The van der Waals surface area contributed by atoms with E-state index in [1.165, 1.54) is 11.3 Å². The Morgan fingerprint density at radius 3 is 3.31 bits per heavy atom. The lowest BCUT2D eigenvalue weighted by Crippen LogP contribution is -2.24. The molecule has 0 unspecified atom stereocenters. The number of nitrogens with zero attached hydrogens (tertiary/aromatic N) is 1. The van der Waals surface area contributed by atoms with Crippen molar-refractivity contribution in [2.24, 2.45) is 0 Å². The van der Waals surface area contributed by atoms with Gasteiger partial charge in [-0.3, -0.25) is 0 Å². The molecule has 1 aromatic heterocycles. The van der Waals surface area contributed by atoms with Crippen molar-refractivity contribution in [2.45, 2.75) is 19.9 Å². The highest BCUT2D eigenvalue weighted by Gasteiger charge is 2.09. The summed E-state index contributed by atoms with van der Waals surface area (Å²) in [5, 5.41) is 6.61. The monoisotopic (exact) mass is 221 g/mol. The van der Waals surface area contributed by atoms with E-state index in [-0.39, 0.29) is 0 Å². The Labute approximate surface area is 96.4 Å². The standard InChI is InChI=1S/C12H19N3O/c1-2-16-8-7-14-12-4-3-10-9-13-6-5-11(10)15-12/h3-4,13H,2,5-9H2,1H3,(H,14,15). The first kappa shape index (κ1) is 11.4. The molecule has 4 heteroatoms. The zero-order chi connectivity index (χ0) is 11.2. The molecule has 2 heterocycles. The summed E-state index contributed by atoms with van der Waals surface area (Å²) in [7, 11) is 0. The van der Waals surface area contributed by atoms with Gasteiger partial charge < -0.3 is 15.4 Å². The molecule has 2 rings (SSSR count). The van der Waals surface area contributed by atoms with Crippen LogP contribution >= 0.6 is 0 Å². The second-order valence-corrected chi connectivity index (χ2v) is 3.85. The molecule has 1 aliphatic rings. The number of anilines is 1. The lowest BCUT2D eigenvalue weighted by molar-refractivity contribution is 0.158. The first-order valence-corrected chi connectivity index (χ1v) is 5.91. The maximum atomic E-state index is 5.27. The predicted octanol–water partition coefficient (Wildman–Crippen LogP) is 1.18. The van der Waals surface area contributed by atoms with Crippen molar-refractivity contribution in [2.75, 3.05) is 31.6 Å². The molecule has 0 radical (unpaired) electrons. The molecule has 88 valence electrons. The summed E-state index contributed by atoms with van der Waals surface area (Å²) in [6, 6.07) is 4.19. The first-order chi connectivity index (χ1) is 7.90. The Balaban J connectivity index is 1.90. The molecule has 0 fully saturated rings. The minimum absolute atomic E-state index is 0.733. The van der Waals surface area contributed by atoms with E-state index < -0.39 is 0 Å². The van der Waals surface area contributed by atoms with Crippen LogP contribution in [0.1, 0.15) is 18.2 Å². The Kier molecular flexibility index (Phi) is 4.13. The number of nitrogens with one attached hydrogen (secondary N) is 2. The largest absolute Gasteiger partial charge is 0.380 e. The van der Waals surface area contributed by atoms with Crippen LogP contribution in [0, 0.1) is 0 Å². The molecule has 1 aliphatic heterocycles. The van der Waals surface area contributed by atoms with Gasteiger partial charge in [-0.05, 0) is 18.6 Å². The maximum Gasteiger partial charge on any atom is 0.126 e. The summed E-state index contributed by atoms with van der Waals surface area (Å²) in [6.07, 6.45) is 1.02. The highest BCUT2D eigenvalue weighted by Crippen LogP contribution is 2.14. The van der Waals surface area contributed by atoms with E-state index in [0.717, 1.165) is 45.1 Å². The average molecular weight is 221 g/mol. The Hall–Kier alpha value is -1.13. The van der Waals surface area contributed by atoms with Crippen LogP contribution in [0.2, 0.25) is 0 Å². The third-order valence-corrected chi connectivity index (χ3v) is 2.68. The van der Waals surface area contributed by atoms with Crippen LogP contribution in [0.5, 0.6) is 0 Å². The summed E-state index contributed by atoms with van der Waals surface area (Å²) in [5.41, 5.74) is 2.54. The van der Waals surface area contributed by atoms with E-state index in [1.807, 2.05) is 13.0 Å². The van der Waals surface area contributed by atoms with Gasteiger partial charge in [-0.2, -0.15) is 0 Å². The molecular weight excluding hydrogens is 202 g/mol. The third kappa shape index (κ3) is 2.93. The fourth-order valence-corrected chi connectivity index (χ4v) is 1.83. The van der Waals surface area contributed by atoms with Crippen molar-refractivity contribution in [3.63, 3.8) is 0 Å². The van der Waals surface area contributed by atoms with Crippen LogP contribution in [-0.2, 0) is 17.7 Å². The van der Waals surface area contributed by atoms with Crippen molar-refractivity contribution in [1.82, 2.24) is 10.3 Å². The van der Waals surface area contributed by atoms with Gasteiger partial charge in [0.25, 0.3) is 0 Å². The molecule has 0 spiro atoms. The second-order valence-electron chi connectivity index (χ2n) is 3.85. The van der Waals surface area contributed by atoms with Gasteiger partial charge in [-0.1, -0.05) is 6.07 Å². The van der Waals surface area contributed by atoms with E-state index in [1.54, 1.807) is 0 Å². The molecular formula is C12H19N3O. The summed E-state index contributed by atoms with van der Waals surface area (Å²) in [4.78, 5) is 4.60. The lowest BCUT2D eigenvalue weighted by Gasteiger charge is -2.17. The molecule has 0 aliphatic carbocycles.